The Labute approximate surface area is 110 Å². The lowest BCUT2D eigenvalue weighted by Gasteiger charge is -2.28. The first kappa shape index (κ1) is 12.6. The molecule has 0 radical (unpaired) electrons. The van der Waals surface area contributed by atoms with Gasteiger partial charge in [0.1, 0.15) is 4.45 Å². The van der Waals surface area contributed by atoms with Crippen LogP contribution in [0.1, 0.15) is 24.8 Å². The van der Waals surface area contributed by atoms with Crippen LogP contribution in [0.2, 0.25) is 0 Å². The van der Waals surface area contributed by atoms with Gasteiger partial charge in [0.15, 0.2) is 0 Å². The average Bonchev–Trinajstić information content (AvgIpc) is 2.70. The molecule has 1 amide bonds. The first-order chi connectivity index (χ1) is 8.24. The zero-order chi connectivity index (χ0) is 12.1. The lowest BCUT2D eigenvalue weighted by molar-refractivity contribution is -0.111. The Kier molecular flexibility index (Phi) is 4.18. The van der Waals surface area contributed by atoms with Crippen molar-refractivity contribution in [2.75, 3.05) is 0 Å². The molecule has 1 N–H and O–H groups in total. The van der Waals surface area contributed by atoms with Gasteiger partial charge in [-0.05, 0) is 24.8 Å². The van der Waals surface area contributed by atoms with Crippen LogP contribution in [0.4, 0.5) is 0 Å². The molecule has 1 aliphatic carbocycles. The number of halogens is 1. The Bertz CT molecular complexity index is 371. The monoisotopic (exact) mass is 297 g/mol. The van der Waals surface area contributed by atoms with Gasteiger partial charge in [-0.25, -0.2) is 0 Å². The summed E-state index contributed by atoms with van der Waals surface area (Å²) in [5, 5.41) is 2.82. The molecule has 0 saturated heterocycles. The van der Waals surface area contributed by atoms with E-state index in [1.54, 1.807) is 0 Å². The van der Waals surface area contributed by atoms with Gasteiger partial charge < -0.3 is 10.1 Å². The molecule has 1 aromatic rings. The molecular weight excluding hydrogens is 282 g/mol. The number of benzene rings is 1. The predicted molar refractivity (Wildman–Crippen MR) is 69.7 cm³/mol. The van der Waals surface area contributed by atoms with Crippen LogP contribution in [0.5, 0.6) is 0 Å². The van der Waals surface area contributed by atoms with Gasteiger partial charge >= 0.3 is 0 Å². The summed E-state index contributed by atoms with van der Waals surface area (Å²) in [5.74, 6) is 0. The minimum Gasteiger partial charge on any atom is -0.370 e. The van der Waals surface area contributed by atoms with Gasteiger partial charge in [-0.1, -0.05) is 46.3 Å². The second-order valence-electron chi connectivity index (χ2n) is 4.30. The molecule has 0 spiro atoms. The van der Waals surface area contributed by atoms with Crippen molar-refractivity contribution in [3.8, 4) is 0 Å². The van der Waals surface area contributed by atoms with E-state index in [2.05, 4.69) is 21.2 Å². The maximum atomic E-state index is 10.6. The molecule has 1 aliphatic rings. The van der Waals surface area contributed by atoms with Gasteiger partial charge in [-0.15, -0.1) is 0 Å². The van der Waals surface area contributed by atoms with Crippen LogP contribution >= 0.6 is 15.9 Å². The number of amides is 1. The molecule has 4 heteroatoms. The second-order valence-corrected chi connectivity index (χ2v) is 5.72. The average molecular weight is 298 g/mol. The Morgan fingerprint density at radius 2 is 2.24 bits per heavy atom. The highest BCUT2D eigenvalue weighted by Crippen LogP contribution is 2.37. The molecule has 2 unspecified atom stereocenters. The standard InChI is InChI=1S/C13H16BrNO2/c14-13(15-10-16)8-4-7-12(13)17-9-11-5-2-1-3-6-11/h1-3,5-6,10,12H,4,7-9H2,(H,15,16). The minimum absolute atomic E-state index is 0.0351. The fourth-order valence-corrected chi connectivity index (χ4v) is 2.92. The highest BCUT2D eigenvalue weighted by atomic mass is 79.9. The molecule has 1 aromatic carbocycles. The van der Waals surface area contributed by atoms with E-state index in [1.165, 1.54) is 0 Å². The van der Waals surface area contributed by atoms with Crippen LogP contribution in [0.3, 0.4) is 0 Å². The van der Waals surface area contributed by atoms with Gasteiger partial charge in [0.2, 0.25) is 6.41 Å². The Balaban J connectivity index is 1.92. The third kappa shape index (κ3) is 3.07. The minimum atomic E-state index is -0.385. The van der Waals surface area contributed by atoms with Crippen LogP contribution in [-0.4, -0.2) is 17.0 Å². The third-order valence-corrected chi connectivity index (χ3v) is 4.25. The Morgan fingerprint density at radius 1 is 1.47 bits per heavy atom. The fourth-order valence-electron chi connectivity index (χ4n) is 2.18. The summed E-state index contributed by atoms with van der Waals surface area (Å²) < 4.78 is 5.50. The van der Waals surface area contributed by atoms with Crippen LogP contribution in [0.25, 0.3) is 0 Å². The number of ether oxygens (including phenoxy) is 1. The number of hydrogen-bond acceptors (Lipinski definition) is 2. The van der Waals surface area contributed by atoms with E-state index in [0.717, 1.165) is 31.2 Å². The second kappa shape index (κ2) is 5.65. The summed E-state index contributed by atoms with van der Waals surface area (Å²) in [7, 11) is 0. The molecule has 0 heterocycles. The smallest absolute Gasteiger partial charge is 0.208 e. The topological polar surface area (TPSA) is 38.3 Å². The predicted octanol–water partition coefficient (Wildman–Crippen LogP) is 2.59. The van der Waals surface area contributed by atoms with Crippen LogP contribution < -0.4 is 5.32 Å². The number of alkyl halides is 1. The zero-order valence-corrected chi connectivity index (χ0v) is 11.2. The van der Waals surface area contributed by atoms with E-state index in [9.17, 15) is 4.79 Å². The van der Waals surface area contributed by atoms with Crippen LogP contribution in [0.15, 0.2) is 30.3 Å². The molecule has 92 valence electrons. The molecule has 1 fully saturated rings. The van der Waals surface area contributed by atoms with E-state index in [-0.39, 0.29) is 10.6 Å². The molecular formula is C13H16BrNO2. The van der Waals surface area contributed by atoms with Gasteiger partial charge in [-0.3, -0.25) is 4.79 Å². The summed E-state index contributed by atoms with van der Waals surface area (Å²) in [6.07, 6.45) is 3.71. The van der Waals surface area contributed by atoms with E-state index in [1.807, 2.05) is 30.3 Å². The summed E-state index contributed by atoms with van der Waals surface area (Å²) in [4.78, 5) is 10.6. The molecule has 3 nitrogen and oxygen atoms in total. The Hall–Kier alpha value is -0.870. The van der Waals surface area contributed by atoms with Gasteiger partial charge in [0.25, 0.3) is 0 Å². The first-order valence-electron chi connectivity index (χ1n) is 5.80. The SMILES string of the molecule is O=CNC1(Br)CCCC1OCc1ccccc1. The van der Waals surface area contributed by atoms with Crippen LogP contribution in [0, 0.1) is 0 Å². The van der Waals surface area contributed by atoms with Crippen molar-refractivity contribution in [2.45, 2.75) is 36.4 Å². The third-order valence-electron chi connectivity index (χ3n) is 3.11. The molecule has 0 bridgehead atoms. The summed E-state index contributed by atoms with van der Waals surface area (Å²) in [6.45, 7) is 0.583. The quantitative estimate of drug-likeness (QED) is 0.515. The molecule has 17 heavy (non-hydrogen) atoms. The van der Waals surface area contributed by atoms with Crippen molar-refractivity contribution in [2.24, 2.45) is 0 Å². The van der Waals surface area contributed by atoms with Crippen molar-refractivity contribution >= 4 is 22.3 Å². The van der Waals surface area contributed by atoms with Crippen molar-refractivity contribution in [1.29, 1.82) is 0 Å². The van der Waals surface area contributed by atoms with Crippen molar-refractivity contribution in [3.05, 3.63) is 35.9 Å². The van der Waals surface area contributed by atoms with Gasteiger partial charge in [0, 0.05) is 0 Å². The van der Waals surface area contributed by atoms with Crippen LogP contribution in [-0.2, 0) is 16.1 Å². The van der Waals surface area contributed by atoms with E-state index >= 15 is 0 Å². The van der Waals surface area contributed by atoms with Gasteiger partial charge in [-0.2, -0.15) is 0 Å². The number of carbonyl (C=O) groups is 1. The maximum Gasteiger partial charge on any atom is 0.208 e. The largest absolute Gasteiger partial charge is 0.370 e. The number of nitrogens with one attached hydrogen (secondary N) is 1. The molecule has 0 aliphatic heterocycles. The first-order valence-corrected chi connectivity index (χ1v) is 6.60. The fraction of sp³-hybridized carbons (Fsp3) is 0.462. The van der Waals surface area contributed by atoms with E-state index in [4.69, 9.17) is 4.74 Å². The van der Waals surface area contributed by atoms with E-state index < -0.39 is 0 Å². The van der Waals surface area contributed by atoms with Gasteiger partial charge in [0.05, 0.1) is 12.7 Å². The lowest BCUT2D eigenvalue weighted by Crippen LogP contribution is -2.46. The summed E-state index contributed by atoms with van der Waals surface area (Å²) >= 11 is 3.58. The van der Waals surface area contributed by atoms with Crippen molar-refractivity contribution in [3.63, 3.8) is 0 Å². The van der Waals surface area contributed by atoms with Crippen molar-refractivity contribution in [1.82, 2.24) is 5.32 Å². The lowest BCUT2D eigenvalue weighted by atomic mass is 10.2. The number of carbonyl (C=O) groups excluding carboxylic acids is 1. The Morgan fingerprint density at radius 3 is 2.94 bits per heavy atom. The highest BCUT2D eigenvalue weighted by molar-refractivity contribution is 9.10. The molecule has 1 saturated carbocycles. The summed E-state index contributed by atoms with van der Waals surface area (Å²) in [5.41, 5.74) is 1.15. The highest BCUT2D eigenvalue weighted by Gasteiger charge is 2.41. The number of hydrogen-bond donors (Lipinski definition) is 1. The maximum absolute atomic E-state index is 10.6. The normalized spacial score (nSPS) is 27.9. The zero-order valence-electron chi connectivity index (χ0n) is 9.56. The summed E-state index contributed by atoms with van der Waals surface area (Å²) in [6, 6.07) is 10.1. The molecule has 2 atom stereocenters. The molecule has 2 rings (SSSR count). The van der Waals surface area contributed by atoms with E-state index in [0.29, 0.717) is 6.61 Å². The van der Waals surface area contributed by atoms with Crippen molar-refractivity contribution < 1.29 is 9.53 Å². The molecule has 0 aromatic heterocycles. The number of rotatable bonds is 5.